The Morgan fingerprint density at radius 2 is 2.43 bits per heavy atom. The van der Waals surface area contributed by atoms with Crippen molar-refractivity contribution in [1.82, 2.24) is 20.4 Å². The van der Waals surface area contributed by atoms with Gasteiger partial charge in [-0.05, 0) is 0 Å². The Balaban J connectivity index is 1.70. The van der Waals surface area contributed by atoms with Crippen LogP contribution < -0.4 is 11.1 Å². The number of H-pyrrole nitrogens is 1. The molecule has 5 N–H and O–H groups in total. The van der Waals surface area contributed by atoms with Crippen molar-refractivity contribution < 1.29 is 14.6 Å². The minimum Gasteiger partial charge on any atom is -0.385 e. The van der Waals surface area contributed by atoms with Crippen molar-refractivity contribution in [2.75, 3.05) is 39.4 Å². The highest BCUT2D eigenvalue weighted by Crippen LogP contribution is 2.22. The van der Waals surface area contributed by atoms with Crippen LogP contribution in [0.5, 0.6) is 0 Å². The number of nitrogens with zero attached hydrogens (tertiary/aromatic N) is 2. The number of carbonyl (C=O) groups excluding carboxylic acids is 1. The summed E-state index contributed by atoms with van der Waals surface area (Å²) in [7, 11) is 0. The van der Waals surface area contributed by atoms with Crippen LogP contribution in [-0.2, 0) is 17.7 Å². The van der Waals surface area contributed by atoms with Gasteiger partial charge in [0, 0.05) is 50.4 Å². The van der Waals surface area contributed by atoms with E-state index in [2.05, 4.69) is 20.4 Å². The van der Waals surface area contributed by atoms with Gasteiger partial charge in [-0.2, -0.15) is 5.10 Å². The third-order valence-electron chi connectivity index (χ3n) is 4.01. The first-order valence-corrected chi connectivity index (χ1v) is 7.16. The van der Waals surface area contributed by atoms with Crippen LogP contribution in [0, 0.1) is 0 Å². The molecule has 1 atom stereocenters. The van der Waals surface area contributed by atoms with E-state index in [1.54, 1.807) is 0 Å². The average Bonchev–Trinajstić information content (AvgIpc) is 2.74. The van der Waals surface area contributed by atoms with Crippen LogP contribution in [-0.4, -0.2) is 71.1 Å². The maximum absolute atomic E-state index is 11.4. The third kappa shape index (κ3) is 3.08. The van der Waals surface area contributed by atoms with Crippen LogP contribution >= 0.6 is 0 Å². The number of nitrogens with one attached hydrogen (secondary N) is 2. The Morgan fingerprint density at radius 3 is 3.24 bits per heavy atom. The zero-order valence-corrected chi connectivity index (χ0v) is 11.9. The number of primary amides is 1. The van der Waals surface area contributed by atoms with Gasteiger partial charge in [0.2, 0.25) is 0 Å². The molecule has 0 aliphatic carbocycles. The molecule has 0 saturated carbocycles. The van der Waals surface area contributed by atoms with Crippen molar-refractivity contribution in [3.05, 3.63) is 17.0 Å². The van der Waals surface area contributed by atoms with Gasteiger partial charge < -0.3 is 20.9 Å². The first-order valence-electron chi connectivity index (χ1n) is 7.16. The van der Waals surface area contributed by atoms with E-state index in [9.17, 15) is 9.90 Å². The molecule has 1 saturated heterocycles. The lowest BCUT2D eigenvalue weighted by Gasteiger charge is -2.35. The van der Waals surface area contributed by atoms with Gasteiger partial charge in [0.1, 0.15) is 5.60 Å². The third-order valence-corrected chi connectivity index (χ3v) is 4.01. The zero-order chi connectivity index (χ0) is 14.9. The topological polar surface area (TPSA) is 117 Å². The largest absolute Gasteiger partial charge is 0.385 e. The predicted octanol–water partition coefficient (Wildman–Crippen LogP) is -1.78. The standard InChI is InChI=1S/C13H21N5O3/c14-12(19)11-9-5-18(3-1-10(9)16-17-11)7-13(20)6-15-2-4-21-8-13/h15,20H,1-8H2,(H2,14,19)(H,16,17). The Labute approximate surface area is 122 Å². The number of aromatic nitrogens is 2. The minimum atomic E-state index is -0.912. The highest BCUT2D eigenvalue weighted by Gasteiger charge is 2.33. The molecule has 2 aliphatic rings. The van der Waals surface area contributed by atoms with Gasteiger partial charge >= 0.3 is 0 Å². The predicted molar refractivity (Wildman–Crippen MR) is 74.7 cm³/mol. The molecule has 1 aromatic heterocycles. The summed E-state index contributed by atoms with van der Waals surface area (Å²) >= 11 is 0. The molecule has 0 spiro atoms. The van der Waals surface area contributed by atoms with Gasteiger partial charge in [0.25, 0.3) is 5.91 Å². The van der Waals surface area contributed by atoms with Gasteiger partial charge in [-0.1, -0.05) is 0 Å². The van der Waals surface area contributed by atoms with Crippen molar-refractivity contribution >= 4 is 5.91 Å². The fourth-order valence-corrected chi connectivity index (χ4v) is 2.99. The lowest BCUT2D eigenvalue weighted by atomic mass is 10.0. The Morgan fingerprint density at radius 1 is 1.57 bits per heavy atom. The van der Waals surface area contributed by atoms with Crippen molar-refractivity contribution in [2.45, 2.75) is 18.6 Å². The average molecular weight is 295 g/mol. The fourth-order valence-electron chi connectivity index (χ4n) is 2.99. The van der Waals surface area contributed by atoms with Crippen LogP contribution in [0.2, 0.25) is 0 Å². The highest BCUT2D eigenvalue weighted by molar-refractivity contribution is 5.92. The van der Waals surface area contributed by atoms with E-state index >= 15 is 0 Å². The van der Waals surface area contributed by atoms with E-state index in [4.69, 9.17) is 10.5 Å². The highest BCUT2D eigenvalue weighted by atomic mass is 16.5. The smallest absolute Gasteiger partial charge is 0.269 e. The quantitative estimate of drug-likeness (QED) is 0.524. The van der Waals surface area contributed by atoms with Crippen LogP contribution in [0.1, 0.15) is 21.7 Å². The molecule has 0 aromatic carbocycles. The molecule has 0 bridgehead atoms. The van der Waals surface area contributed by atoms with Crippen molar-refractivity contribution in [3.8, 4) is 0 Å². The molecule has 116 valence electrons. The summed E-state index contributed by atoms with van der Waals surface area (Å²) in [4.78, 5) is 13.5. The summed E-state index contributed by atoms with van der Waals surface area (Å²) in [6.07, 6.45) is 0.764. The molecule has 2 aliphatic heterocycles. The van der Waals surface area contributed by atoms with Gasteiger partial charge in [0.15, 0.2) is 5.69 Å². The number of aromatic amines is 1. The molecule has 3 heterocycles. The number of carbonyl (C=O) groups is 1. The number of amides is 1. The van der Waals surface area contributed by atoms with Gasteiger partial charge in [0.05, 0.1) is 13.2 Å². The summed E-state index contributed by atoms with van der Waals surface area (Å²) < 4.78 is 5.44. The summed E-state index contributed by atoms with van der Waals surface area (Å²) in [5.74, 6) is -0.521. The summed E-state index contributed by atoms with van der Waals surface area (Å²) in [5.41, 5.74) is 6.54. The maximum Gasteiger partial charge on any atom is 0.269 e. The molecule has 0 radical (unpaired) electrons. The first-order chi connectivity index (χ1) is 10.1. The first kappa shape index (κ1) is 14.5. The van der Waals surface area contributed by atoms with Crippen molar-refractivity contribution in [1.29, 1.82) is 0 Å². The van der Waals surface area contributed by atoms with E-state index in [1.807, 2.05) is 0 Å². The van der Waals surface area contributed by atoms with Gasteiger partial charge in [-0.15, -0.1) is 0 Å². The molecule has 21 heavy (non-hydrogen) atoms. The molecule has 8 nitrogen and oxygen atoms in total. The molecule has 3 rings (SSSR count). The molecule has 1 fully saturated rings. The SMILES string of the molecule is NC(=O)c1n[nH]c2c1CN(CC1(O)CNCCOC1)CC2. The van der Waals surface area contributed by atoms with Gasteiger partial charge in [-0.3, -0.25) is 14.8 Å². The second kappa shape index (κ2) is 5.72. The molecule has 1 unspecified atom stereocenters. The lowest BCUT2D eigenvalue weighted by molar-refractivity contribution is -0.0511. The molecule has 1 aromatic rings. The number of nitrogens with two attached hydrogens (primary N) is 1. The second-order valence-corrected chi connectivity index (χ2v) is 5.81. The Hall–Kier alpha value is -1.48. The minimum absolute atomic E-state index is 0.303. The Bertz CT molecular complexity index is 522. The monoisotopic (exact) mass is 295 g/mol. The van der Waals surface area contributed by atoms with E-state index in [-0.39, 0.29) is 0 Å². The number of ether oxygens (including phenoxy) is 1. The van der Waals surface area contributed by atoms with E-state index < -0.39 is 11.5 Å². The number of β-amino-alcohol motifs (C(OH)–C–C–N with tert-alkyl or cyclic N) is 1. The van der Waals surface area contributed by atoms with Crippen molar-refractivity contribution in [2.24, 2.45) is 5.73 Å². The van der Waals surface area contributed by atoms with E-state index in [0.29, 0.717) is 38.5 Å². The number of aliphatic hydroxyl groups is 1. The number of rotatable bonds is 3. The summed E-state index contributed by atoms with van der Waals surface area (Å²) in [6.45, 7) is 4.03. The zero-order valence-electron chi connectivity index (χ0n) is 11.9. The number of fused-ring (bicyclic) bond motifs is 1. The maximum atomic E-state index is 11.4. The Kier molecular flexibility index (Phi) is 3.94. The van der Waals surface area contributed by atoms with E-state index in [0.717, 1.165) is 30.8 Å². The number of hydrogen-bond acceptors (Lipinski definition) is 6. The summed E-state index contributed by atoms with van der Waals surface area (Å²) in [6, 6.07) is 0. The molecule has 1 amide bonds. The lowest BCUT2D eigenvalue weighted by Crippen LogP contribution is -2.52. The second-order valence-electron chi connectivity index (χ2n) is 5.81. The summed E-state index contributed by atoms with van der Waals surface area (Å²) in [5, 5.41) is 20.7. The van der Waals surface area contributed by atoms with Crippen molar-refractivity contribution in [3.63, 3.8) is 0 Å². The van der Waals surface area contributed by atoms with Crippen LogP contribution in [0.4, 0.5) is 0 Å². The fraction of sp³-hybridized carbons (Fsp3) is 0.692. The van der Waals surface area contributed by atoms with Crippen LogP contribution in [0.15, 0.2) is 0 Å². The molecular weight excluding hydrogens is 274 g/mol. The van der Waals surface area contributed by atoms with E-state index in [1.165, 1.54) is 0 Å². The van der Waals surface area contributed by atoms with Gasteiger partial charge in [-0.25, -0.2) is 0 Å². The normalized spacial score (nSPS) is 27.1. The van der Waals surface area contributed by atoms with Crippen LogP contribution in [0.25, 0.3) is 0 Å². The molecule has 8 heteroatoms. The molecular formula is C13H21N5O3. The number of hydrogen-bond donors (Lipinski definition) is 4. The van der Waals surface area contributed by atoms with Crippen LogP contribution in [0.3, 0.4) is 0 Å².